The molecular formula is C27H34ClN3O3. The van der Waals surface area contributed by atoms with E-state index in [1.165, 1.54) is 37.0 Å². The van der Waals surface area contributed by atoms with Gasteiger partial charge in [-0.05, 0) is 74.7 Å². The first kappa shape index (κ1) is 24.6. The van der Waals surface area contributed by atoms with Gasteiger partial charge in [-0.2, -0.15) is 0 Å². The van der Waals surface area contributed by atoms with Gasteiger partial charge in [-0.1, -0.05) is 37.9 Å². The summed E-state index contributed by atoms with van der Waals surface area (Å²) in [6.45, 7) is 8.03. The van der Waals surface area contributed by atoms with Crippen molar-refractivity contribution in [3.8, 4) is 11.4 Å². The minimum Gasteiger partial charge on any atom is -0.494 e. The fourth-order valence-corrected chi connectivity index (χ4v) is 4.88. The van der Waals surface area contributed by atoms with Crippen molar-refractivity contribution in [1.82, 2.24) is 14.3 Å². The van der Waals surface area contributed by atoms with Crippen LogP contribution in [0.5, 0.6) is 5.75 Å². The number of ether oxygens (including phenoxy) is 1. The Morgan fingerprint density at radius 3 is 2.62 bits per heavy atom. The molecule has 0 aliphatic carbocycles. The van der Waals surface area contributed by atoms with Crippen LogP contribution >= 0.6 is 11.6 Å². The SMILES string of the molecule is CC(C)CC(=O)Cn1c(=O)c2cc(OCCCN3CCCCC3)ccc2n1-c1cccc(Cl)c1. The first-order chi connectivity index (χ1) is 16.4. The summed E-state index contributed by atoms with van der Waals surface area (Å²) in [4.78, 5) is 28.6. The van der Waals surface area contributed by atoms with E-state index in [2.05, 4.69) is 4.90 Å². The summed E-state index contributed by atoms with van der Waals surface area (Å²) in [6.07, 6.45) is 5.28. The Labute approximate surface area is 206 Å². The van der Waals surface area contributed by atoms with Crippen LogP contribution in [0.2, 0.25) is 5.02 Å². The van der Waals surface area contributed by atoms with E-state index in [4.69, 9.17) is 16.3 Å². The predicted molar refractivity (Wildman–Crippen MR) is 137 cm³/mol. The monoisotopic (exact) mass is 483 g/mol. The number of carbonyl (C=O) groups excluding carboxylic acids is 1. The summed E-state index contributed by atoms with van der Waals surface area (Å²) in [5, 5.41) is 1.10. The molecule has 1 saturated heterocycles. The van der Waals surface area contributed by atoms with Gasteiger partial charge >= 0.3 is 0 Å². The first-order valence-corrected chi connectivity index (χ1v) is 12.7. The molecule has 0 radical (unpaired) electrons. The number of hydrogen-bond donors (Lipinski definition) is 0. The molecule has 0 unspecified atom stereocenters. The van der Waals surface area contributed by atoms with Crippen LogP contribution in [0.25, 0.3) is 16.6 Å². The van der Waals surface area contributed by atoms with Gasteiger partial charge in [-0.25, -0.2) is 9.36 Å². The number of carbonyl (C=O) groups is 1. The van der Waals surface area contributed by atoms with E-state index >= 15 is 0 Å². The van der Waals surface area contributed by atoms with E-state index in [1.54, 1.807) is 22.9 Å². The molecule has 0 amide bonds. The van der Waals surface area contributed by atoms with E-state index in [0.717, 1.165) is 24.2 Å². The highest BCUT2D eigenvalue weighted by molar-refractivity contribution is 6.30. The van der Waals surface area contributed by atoms with Crippen LogP contribution in [0.3, 0.4) is 0 Å². The molecule has 0 atom stereocenters. The second-order valence-electron chi connectivity index (χ2n) is 9.57. The second kappa shape index (κ2) is 11.2. The number of rotatable bonds is 10. The van der Waals surface area contributed by atoms with Crippen molar-refractivity contribution < 1.29 is 9.53 Å². The summed E-state index contributed by atoms with van der Waals surface area (Å²) in [5.41, 5.74) is 1.27. The van der Waals surface area contributed by atoms with Crippen LogP contribution in [0.4, 0.5) is 0 Å². The Kier molecular flexibility index (Phi) is 8.11. The molecule has 2 heterocycles. The zero-order chi connectivity index (χ0) is 24.1. The summed E-state index contributed by atoms with van der Waals surface area (Å²) in [7, 11) is 0. The molecule has 0 N–H and O–H groups in total. The molecule has 3 aromatic rings. The van der Waals surface area contributed by atoms with Crippen molar-refractivity contribution in [3.63, 3.8) is 0 Å². The van der Waals surface area contributed by atoms with E-state index in [-0.39, 0.29) is 23.8 Å². The van der Waals surface area contributed by atoms with Crippen LogP contribution in [0.1, 0.15) is 46.0 Å². The molecule has 1 aliphatic rings. The molecule has 2 aromatic carbocycles. The summed E-state index contributed by atoms with van der Waals surface area (Å²) < 4.78 is 9.30. The van der Waals surface area contributed by atoms with Gasteiger partial charge in [-0.3, -0.25) is 9.59 Å². The molecule has 1 fully saturated rings. The van der Waals surface area contributed by atoms with Gasteiger partial charge in [0.05, 0.1) is 23.2 Å². The average Bonchev–Trinajstić information content (AvgIpc) is 3.08. The molecule has 0 spiro atoms. The van der Waals surface area contributed by atoms with Gasteiger partial charge in [0.2, 0.25) is 0 Å². The standard InChI is InChI=1S/C27H34ClN3O3/c1-20(2)16-23(32)19-30-27(33)25-18-24(34-15-7-14-29-12-4-3-5-13-29)10-11-26(25)31(30)22-9-6-8-21(28)17-22/h6,8-11,17-18,20H,3-5,7,12-16,19H2,1-2H3. The maximum Gasteiger partial charge on any atom is 0.275 e. The van der Waals surface area contributed by atoms with Crippen molar-refractivity contribution in [3.05, 3.63) is 57.8 Å². The van der Waals surface area contributed by atoms with Crippen molar-refractivity contribution in [1.29, 1.82) is 0 Å². The lowest BCUT2D eigenvalue weighted by atomic mass is 10.1. The van der Waals surface area contributed by atoms with E-state index in [1.807, 2.05) is 38.1 Å². The molecule has 6 nitrogen and oxygen atoms in total. The molecular weight excluding hydrogens is 450 g/mol. The number of piperidine rings is 1. The zero-order valence-corrected chi connectivity index (χ0v) is 20.9. The summed E-state index contributed by atoms with van der Waals surface area (Å²) in [5.74, 6) is 0.932. The largest absolute Gasteiger partial charge is 0.494 e. The molecule has 1 aliphatic heterocycles. The van der Waals surface area contributed by atoms with Gasteiger partial charge in [0.25, 0.3) is 5.56 Å². The lowest BCUT2D eigenvalue weighted by Crippen LogP contribution is -2.31. The highest BCUT2D eigenvalue weighted by atomic mass is 35.5. The van der Waals surface area contributed by atoms with E-state index < -0.39 is 0 Å². The van der Waals surface area contributed by atoms with Crippen molar-refractivity contribution >= 4 is 28.3 Å². The number of ketones is 1. The van der Waals surface area contributed by atoms with Gasteiger partial charge in [0, 0.05) is 18.0 Å². The van der Waals surface area contributed by atoms with Crippen LogP contribution in [0.15, 0.2) is 47.3 Å². The molecule has 7 heteroatoms. The number of benzene rings is 2. The van der Waals surface area contributed by atoms with Crippen LogP contribution in [-0.4, -0.2) is 46.3 Å². The zero-order valence-electron chi connectivity index (χ0n) is 20.1. The molecule has 0 saturated carbocycles. The third-order valence-electron chi connectivity index (χ3n) is 6.25. The fourth-order valence-electron chi connectivity index (χ4n) is 4.70. The number of fused-ring (bicyclic) bond motifs is 1. The number of likely N-dealkylation sites (tertiary alicyclic amines) is 1. The topological polar surface area (TPSA) is 56.5 Å². The van der Waals surface area contributed by atoms with E-state index in [9.17, 15) is 9.59 Å². The van der Waals surface area contributed by atoms with Gasteiger partial charge in [-0.15, -0.1) is 0 Å². The molecule has 182 valence electrons. The average molecular weight is 484 g/mol. The number of nitrogens with zero attached hydrogens (tertiary/aromatic N) is 3. The summed E-state index contributed by atoms with van der Waals surface area (Å²) >= 11 is 6.24. The molecule has 1 aromatic heterocycles. The summed E-state index contributed by atoms with van der Waals surface area (Å²) in [6, 6.07) is 12.9. The highest BCUT2D eigenvalue weighted by Gasteiger charge is 2.19. The van der Waals surface area contributed by atoms with Crippen molar-refractivity contribution in [2.45, 2.75) is 52.5 Å². The Balaban J connectivity index is 1.59. The van der Waals surface area contributed by atoms with Crippen molar-refractivity contribution in [2.75, 3.05) is 26.2 Å². The maximum atomic E-state index is 13.4. The Morgan fingerprint density at radius 1 is 1.09 bits per heavy atom. The Morgan fingerprint density at radius 2 is 1.88 bits per heavy atom. The lowest BCUT2D eigenvalue weighted by molar-refractivity contribution is -0.120. The quantitative estimate of drug-likeness (QED) is 0.366. The molecule has 0 bridgehead atoms. The lowest BCUT2D eigenvalue weighted by Gasteiger charge is -2.26. The number of aromatic nitrogens is 2. The molecule has 4 rings (SSSR count). The predicted octanol–water partition coefficient (Wildman–Crippen LogP) is 5.32. The fraction of sp³-hybridized carbons (Fsp3) is 0.481. The molecule has 34 heavy (non-hydrogen) atoms. The Hall–Kier alpha value is -2.57. The maximum absolute atomic E-state index is 13.4. The number of Topliss-reactive ketones (excluding diaryl/α,β-unsaturated/α-hetero) is 1. The second-order valence-corrected chi connectivity index (χ2v) is 10.0. The third-order valence-corrected chi connectivity index (χ3v) is 6.49. The minimum absolute atomic E-state index is 0.0181. The smallest absolute Gasteiger partial charge is 0.275 e. The van der Waals surface area contributed by atoms with Crippen molar-refractivity contribution in [2.24, 2.45) is 5.92 Å². The van der Waals surface area contributed by atoms with Crippen LogP contribution in [-0.2, 0) is 11.3 Å². The third kappa shape index (κ3) is 5.91. The van der Waals surface area contributed by atoms with Gasteiger partial charge in [0.1, 0.15) is 12.3 Å². The number of halogens is 1. The Bertz CT molecular complexity index is 1190. The minimum atomic E-state index is -0.203. The van der Waals surface area contributed by atoms with Crippen LogP contribution in [0, 0.1) is 5.92 Å². The number of hydrogen-bond acceptors (Lipinski definition) is 4. The first-order valence-electron chi connectivity index (χ1n) is 12.3. The van der Waals surface area contributed by atoms with Gasteiger partial charge < -0.3 is 9.64 Å². The normalized spacial score (nSPS) is 14.7. The highest BCUT2D eigenvalue weighted by Crippen LogP contribution is 2.24. The van der Waals surface area contributed by atoms with Crippen LogP contribution < -0.4 is 10.3 Å². The van der Waals surface area contributed by atoms with E-state index in [0.29, 0.717) is 29.2 Å². The van der Waals surface area contributed by atoms with Gasteiger partial charge in [0.15, 0.2) is 5.78 Å².